The third-order valence-electron chi connectivity index (χ3n) is 1.46. The molecule has 0 aromatic carbocycles. The van der Waals surface area contributed by atoms with Gasteiger partial charge in [0.15, 0.2) is 3.95 Å². The summed E-state index contributed by atoms with van der Waals surface area (Å²) in [5.74, 6) is -0.438. The van der Waals surface area contributed by atoms with Gasteiger partial charge >= 0.3 is 5.97 Å². The molecular formula is C7H9NO3S2. The van der Waals surface area contributed by atoms with Crippen molar-refractivity contribution in [3.63, 3.8) is 0 Å². The topological polar surface area (TPSA) is 62.3 Å². The van der Waals surface area contributed by atoms with E-state index in [2.05, 4.69) is 9.72 Å². The summed E-state index contributed by atoms with van der Waals surface area (Å²) < 4.78 is 5.00. The minimum atomic E-state index is -0.828. The summed E-state index contributed by atoms with van der Waals surface area (Å²) in [5.41, 5.74) is 0. The van der Waals surface area contributed by atoms with Crippen LogP contribution in [0.2, 0.25) is 0 Å². The Kier molecular flexibility index (Phi) is 3.58. The van der Waals surface area contributed by atoms with Crippen molar-refractivity contribution in [1.29, 1.82) is 0 Å². The first-order valence-electron chi connectivity index (χ1n) is 3.56. The fourth-order valence-corrected chi connectivity index (χ4v) is 1.82. The Hall–Kier alpha value is -0.720. The monoisotopic (exact) mass is 219 g/mol. The predicted octanol–water partition coefficient (Wildman–Crippen LogP) is 1.40. The molecule has 1 aromatic heterocycles. The molecule has 1 rings (SSSR count). The Morgan fingerprint density at radius 1 is 1.92 bits per heavy atom. The Balaban J connectivity index is 2.63. The van der Waals surface area contributed by atoms with Crippen LogP contribution in [0.3, 0.4) is 0 Å². The summed E-state index contributed by atoms with van der Waals surface area (Å²) >= 11 is 6.08. The molecule has 0 saturated heterocycles. The van der Waals surface area contributed by atoms with E-state index < -0.39 is 12.1 Å². The maximum atomic E-state index is 10.8. The van der Waals surface area contributed by atoms with Gasteiger partial charge in [-0.3, -0.25) is 4.79 Å². The fraction of sp³-hybridized carbons (Fsp3) is 0.429. The number of hydrogen-bond acceptors (Lipinski definition) is 5. The maximum Gasteiger partial charge on any atom is 0.308 e. The second-order valence-electron chi connectivity index (χ2n) is 2.38. The molecule has 1 atom stereocenters. The van der Waals surface area contributed by atoms with Gasteiger partial charge in [-0.1, -0.05) is 0 Å². The predicted molar refractivity (Wildman–Crippen MR) is 51.1 cm³/mol. The first-order chi connectivity index (χ1) is 6.13. The Morgan fingerprint density at radius 2 is 2.62 bits per heavy atom. The van der Waals surface area contributed by atoms with E-state index >= 15 is 0 Å². The van der Waals surface area contributed by atoms with Crippen molar-refractivity contribution in [2.45, 2.75) is 12.5 Å². The largest absolute Gasteiger partial charge is 0.469 e. The lowest BCUT2D eigenvalue weighted by atomic mass is 10.2. The minimum absolute atomic E-state index is 0.0420. The molecule has 0 aliphatic carbocycles. The molecule has 13 heavy (non-hydrogen) atoms. The highest BCUT2D eigenvalue weighted by Crippen LogP contribution is 2.21. The zero-order valence-electron chi connectivity index (χ0n) is 6.94. The van der Waals surface area contributed by atoms with Gasteiger partial charge in [-0.05, 0) is 12.2 Å². The molecule has 2 N–H and O–H groups in total. The van der Waals surface area contributed by atoms with Crippen LogP contribution >= 0.6 is 23.6 Å². The minimum Gasteiger partial charge on any atom is -0.469 e. The molecule has 0 bridgehead atoms. The number of thiazole rings is 1. The van der Waals surface area contributed by atoms with Crippen molar-refractivity contribution in [3.05, 3.63) is 15.0 Å². The molecule has 0 aliphatic rings. The first kappa shape index (κ1) is 10.4. The van der Waals surface area contributed by atoms with Crippen molar-refractivity contribution in [3.8, 4) is 0 Å². The number of ether oxygens (including phenoxy) is 1. The van der Waals surface area contributed by atoms with Crippen molar-refractivity contribution >= 4 is 29.5 Å². The lowest BCUT2D eigenvalue weighted by Crippen LogP contribution is -2.06. The molecule has 0 amide bonds. The normalized spacial score (nSPS) is 12.5. The smallest absolute Gasteiger partial charge is 0.308 e. The number of esters is 1. The molecule has 72 valence electrons. The fourth-order valence-electron chi connectivity index (χ4n) is 0.802. The van der Waals surface area contributed by atoms with Gasteiger partial charge in [-0.15, -0.1) is 11.3 Å². The summed E-state index contributed by atoms with van der Waals surface area (Å²) in [7, 11) is 1.29. The van der Waals surface area contributed by atoms with Gasteiger partial charge in [0.1, 0.15) is 6.10 Å². The molecule has 1 unspecified atom stereocenters. The van der Waals surface area contributed by atoms with Gasteiger partial charge in [0.05, 0.1) is 18.4 Å². The van der Waals surface area contributed by atoms with Crippen LogP contribution in [0.4, 0.5) is 0 Å². The summed E-state index contributed by atoms with van der Waals surface area (Å²) in [6.45, 7) is 0. The Labute approximate surface area is 84.2 Å². The van der Waals surface area contributed by atoms with Crippen molar-refractivity contribution in [2.24, 2.45) is 0 Å². The molecule has 6 heteroatoms. The number of aromatic amines is 1. The van der Waals surface area contributed by atoms with E-state index in [-0.39, 0.29) is 6.42 Å². The number of aliphatic hydroxyl groups is 1. The van der Waals surface area contributed by atoms with E-state index in [1.54, 1.807) is 6.20 Å². The van der Waals surface area contributed by atoms with Gasteiger partial charge in [0.2, 0.25) is 0 Å². The number of carbonyl (C=O) groups excluding carboxylic acids is 1. The van der Waals surface area contributed by atoms with E-state index in [4.69, 9.17) is 12.2 Å². The number of aliphatic hydroxyl groups excluding tert-OH is 1. The molecule has 1 heterocycles. The van der Waals surface area contributed by atoms with Crippen LogP contribution in [0.5, 0.6) is 0 Å². The first-order valence-corrected chi connectivity index (χ1v) is 4.79. The SMILES string of the molecule is COC(=O)CC(O)c1c[nH]c(=S)s1. The number of nitrogens with one attached hydrogen (secondary N) is 1. The van der Waals surface area contributed by atoms with Gasteiger partial charge in [-0.2, -0.15) is 0 Å². The number of hydrogen-bond donors (Lipinski definition) is 2. The van der Waals surface area contributed by atoms with E-state index in [1.165, 1.54) is 18.4 Å². The molecule has 1 aromatic rings. The molecule has 0 saturated carbocycles. The Bertz CT molecular complexity index is 344. The zero-order valence-corrected chi connectivity index (χ0v) is 8.58. The Morgan fingerprint density at radius 3 is 3.08 bits per heavy atom. The number of H-pyrrole nitrogens is 1. The summed E-state index contributed by atoms with van der Waals surface area (Å²) in [4.78, 5) is 14.2. The van der Waals surface area contributed by atoms with Gasteiger partial charge < -0.3 is 14.8 Å². The average molecular weight is 219 g/mol. The van der Waals surface area contributed by atoms with Crippen LogP contribution in [0.1, 0.15) is 17.4 Å². The van der Waals surface area contributed by atoms with Gasteiger partial charge in [0, 0.05) is 6.20 Å². The van der Waals surface area contributed by atoms with Crippen LogP contribution in [-0.2, 0) is 9.53 Å². The quantitative estimate of drug-likeness (QED) is 0.596. The highest BCUT2D eigenvalue weighted by atomic mass is 32.1. The highest BCUT2D eigenvalue weighted by Gasteiger charge is 2.14. The molecule has 0 aliphatic heterocycles. The van der Waals surface area contributed by atoms with Crippen molar-refractivity contribution in [1.82, 2.24) is 4.98 Å². The van der Waals surface area contributed by atoms with Crippen LogP contribution in [0, 0.1) is 3.95 Å². The van der Waals surface area contributed by atoms with Crippen LogP contribution < -0.4 is 0 Å². The maximum absolute atomic E-state index is 10.8. The van der Waals surface area contributed by atoms with Crippen molar-refractivity contribution in [2.75, 3.05) is 7.11 Å². The summed E-state index contributed by atoms with van der Waals surface area (Å²) in [5, 5.41) is 9.48. The summed E-state index contributed by atoms with van der Waals surface area (Å²) in [6, 6.07) is 0. The lowest BCUT2D eigenvalue weighted by molar-refractivity contribution is -0.142. The van der Waals surface area contributed by atoms with E-state index in [9.17, 15) is 9.90 Å². The molecule has 0 fully saturated rings. The van der Waals surface area contributed by atoms with Crippen molar-refractivity contribution < 1.29 is 14.6 Å². The summed E-state index contributed by atoms with van der Waals surface area (Å²) in [6.07, 6.45) is 0.727. The van der Waals surface area contributed by atoms with E-state index in [1.807, 2.05) is 0 Å². The standard InChI is InChI=1S/C7H9NO3S2/c1-11-6(10)2-4(9)5-3-8-7(12)13-5/h3-4,9H,2H2,1H3,(H,8,12). The number of carbonyl (C=O) groups is 1. The van der Waals surface area contributed by atoms with Crippen LogP contribution in [0.25, 0.3) is 0 Å². The van der Waals surface area contributed by atoms with Crippen LogP contribution in [-0.4, -0.2) is 23.2 Å². The third kappa shape index (κ3) is 2.91. The molecule has 0 radical (unpaired) electrons. The molecule has 0 spiro atoms. The number of methoxy groups -OCH3 is 1. The van der Waals surface area contributed by atoms with E-state index in [0.29, 0.717) is 8.83 Å². The molecular weight excluding hydrogens is 210 g/mol. The van der Waals surface area contributed by atoms with Gasteiger partial charge in [-0.25, -0.2) is 0 Å². The number of rotatable bonds is 3. The lowest BCUT2D eigenvalue weighted by Gasteiger charge is -2.04. The second-order valence-corrected chi connectivity index (χ2v) is 4.13. The number of aromatic nitrogens is 1. The average Bonchev–Trinajstić information content (AvgIpc) is 2.51. The third-order valence-corrected chi connectivity index (χ3v) is 2.76. The molecule has 4 nitrogen and oxygen atoms in total. The van der Waals surface area contributed by atoms with Crippen LogP contribution in [0.15, 0.2) is 6.20 Å². The highest BCUT2D eigenvalue weighted by molar-refractivity contribution is 7.73. The zero-order chi connectivity index (χ0) is 9.84. The van der Waals surface area contributed by atoms with E-state index in [0.717, 1.165) is 0 Å². The van der Waals surface area contributed by atoms with Gasteiger partial charge in [0.25, 0.3) is 0 Å². The second kappa shape index (κ2) is 4.50.